The Morgan fingerprint density at radius 3 is 2.82 bits per heavy atom. The lowest BCUT2D eigenvalue weighted by Crippen LogP contribution is -2.13. The van der Waals surface area contributed by atoms with E-state index in [1.807, 2.05) is 0 Å². The fourth-order valence-electron chi connectivity index (χ4n) is 1.01. The van der Waals surface area contributed by atoms with Crippen molar-refractivity contribution < 1.29 is 14.7 Å². The van der Waals surface area contributed by atoms with E-state index in [9.17, 15) is 9.59 Å². The Bertz CT molecular complexity index is 554. The van der Waals surface area contributed by atoms with Gasteiger partial charge in [0.1, 0.15) is 0 Å². The highest BCUT2D eigenvalue weighted by molar-refractivity contribution is 7.12. The van der Waals surface area contributed by atoms with E-state index in [1.54, 1.807) is 12.1 Å². The first-order valence-corrected chi connectivity index (χ1v) is 5.32. The van der Waals surface area contributed by atoms with Gasteiger partial charge in [0.2, 0.25) is 0 Å². The second-order valence-electron chi connectivity index (χ2n) is 2.91. The molecule has 0 radical (unpaired) electrons. The van der Waals surface area contributed by atoms with Crippen molar-refractivity contribution in [2.45, 2.75) is 0 Å². The number of rotatable bonds is 3. The molecule has 86 valence electrons. The zero-order valence-corrected chi connectivity index (χ0v) is 9.14. The largest absolute Gasteiger partial charge is 0.476 e. The summed E-state index contributed by atoms with van der Waals surface area (Å²) in [5.74, 6) is -1.40. The number of aromatic nitrogens is 3. The summed E-state index contributed by atoms with van der Waals surface area (Å²) in [6.45, 7) is 0. The van der Waals surface area contributed by atoms with Crippen LogP contribution in [-0.2, 0) is 0 Å². The van der Waals surface area contributed by atoms with E-state index in [0.717, 1.165) is 11.3 Å². The van der Waals surface area contributed by atoms with Crippen molar-refractivity contribution >= 4 is 29.0 Å². The molecule has 0 aliphatic heterocycles. The van der Waals surface area contributed by atoms with Crippen LogP contribution in [0.15, 0.2) is 23.7 Å². The molecule has 8 heteroatoms. The lowest BCUT2D eigenvalue weighted by Gasteiger charge is -1.99. The Morgan fingerprint density at radius 2 is 2.24 bits per heavy atom. The highest BCUT2D eigenvalue weighted by atomic mass is 32.1. The fourth-order valence-corrected chi connectivity index (χ4v) is 1.70. The number of thiazole rings is 1. The maximum Gasteiger partial charge on any atom is 0.355 e. The van der Waals surface area contributed by atoms with Gasteiger partial charge in [-0.3, -0.25) is 4.79 Å². The normalized spacial score (nSPS) is 9.88. The highest BCUT2D eigenvalue weighted by Gasteiger charge is 2.15. The molecule has 0 saturated carbocycles. The highest BCUT2D eigenvalue weighted by Crippen LogP contribution is 2.11. The summed E-state index contributed by atoms with van der Waals surface area (Å²) < 4.78 is 0. The van der Waals surface area contributed by atoms with Crippen molar-refractivity contribution in [3.05, 3.63) is 34.4 Å². The van der Waals surface area contributed by atoms with Gasteiger partial charge in [-0.2, -0.15) is 5.10 Å². The van der Waals surface area contributed by atoms with E-state index >= 15 is 0 Å². The third-order valence-corrected chi connectivity index (χ3v) is 2.57. The van der Waals surface area contributed by atoms with Gasteiger partial charge in [0.25, 0.3) is 5.91 Å². The number of hydrogen-bond acceptors (Lipinski definition) is 6. The molecule has 17 heavy (non-hydrogen) atoms. The third-order valence-electron chi connectivity index (χ3n) is 1.73. The standard InChI is InChI=1S/C9H6N4O3S/c14-7(12-6-2-1-3-10-13-6)8-11-5(4-17-8)9(15)16/h1-4H,(H,15,16)(H,12,13,14). The molecule has 0 aliphatic rings. The van der Waals surface area contributed by atoms with Crippen molar-refractivity contribution in [3.63, 3.8) is 0 Å². The molecule has 2 N–H and O–H groups in total. The lowest BCUT2D eigenvalue weighted by molar-refractivity contribution is 0.0691. The average Bonchev–Trinajstić information content (AvgIpc) is 2.79. The molecule has 0 saturated heterocycles. The molecule has 2 aromatic rings. The van der Waals surface area contributed by atoms with Crippen molar-refractivity contribution in [1.82, 2.24) is 15.2 Å². The molecule has 0 fully saturated rings. The second kappa shape index (κ2) is 4.66. The molecule has 0 aliphatic carbocycles. The first kappa shape index (κ1) is 11.1. The van der Waals surface area contributed by atoms with Gasteiger partial charge >= 0.3 is 5.97 Å². The molecule has 0 unspecified atom stereocenters. The summed E-state index contributed by atoms with van der Waals surface area (Å²) in [6.07, 6.45) is 1.47. The third kappa shape index (κ3) is 2.61. The Balaban J connectivity index is 2.12. The Morgan fingerprint density at radius 1 is 1.41 bits per heavy atom. The number of carbonyl (C=O) groups is 2. The monoisotopic (exact) mass is 250 g/mol. The van der Waals surface area contributed by atoms with Crippen LogP contribution in [-0.4, -0.2) is 32.2 Å². The van der Waals surface area contributed by atoms with Gasteiger partial charge in [0, 0.05) is 11.6 Å². The smallest absolute Gasteiger partial charge is 0.355 e. The zero-order chi connectivity index (χ0) is 12.3. The van der Waals surface area contributed by atoms with Crippen molar-refractivity contribution in [2.24, 2.45) is 0 Å². The number of amides is 1. The summed E-state index contributed by atoms with van der Waals surface area (Å²) >= 11 is 0.953. The van der Waals surface area contributed by atoms with Crippen LogP contribution in [0.3, 0.4) is 0 Å². The predicted molar refractivity (Wildman–Crippen MR) is 59.1 cm³/mol. The Labute approximate surface area is 99.2 Å². The van der Waals surface area contributed by atoms with Crippen LogP contribution in [0.2, 0.25) is 0 Å². The lowest BCUT2D eigenvalue weighted by atomic mass is 10.5. The van der Waals surface area contributed by atoms with Gasteiger partial charge in [-0.1, -0.05) is 0 Å². The molecule has 0 atom stereocenters. The van der Waals surface area contributed by atoms with Gasteiger partial charge < -0.3 is 10.4 Å². The minimum absolute atomic E-state index is 0.0630. The van der Waals surface area contributed by atoms with Crippen molar-refractivity contribution in [1.29, 1.82) is 0 Å². The molecule has 1 amide bonds. The van der Waals surface area contributed by atoms with Crippen LogP contribution < -0.4 is 5.32 Å². The Hall–Kier alpha value is -2.35. The topological polar surface area (TPSA) is 105 Å². The molecular weight excluding hydrogens is 244 g/mol. The number of carboxylic acids is 1. The van der Waals surface area contributed by atoms with E-state index in [1.165, 1.54) is 11.6 Å². The SMILES string of the molecule is O=C(O)c1csc(C(=O)Nc2cccnn2)n1. The minimum Gasteiger partial charge on any atom is -0.476 e. The number of hydrogen-bond donors (Lipinski definition) is 2. The molecule has 0 bridgehead atoms. The van der Waals surface area contributed by atoms with Crippen LogP contribution >= 0.6 is 11.3 Å². The van der Waals surface area contributed by atoms with Gasteiger partial charge in [0.15, 0.2) is 16.5 Å². The maximum atomic E-state index is 11.6. The zero-order valence-electron chi connectivity index (χ0n) is 8.32. The number of nitrogens with one attached hydrogen (secondary N) is 1. The van der Waals surface area contributed by atoms with E-state index in [-0.39, 0.29) is 16.5 Å². The number of aromatic carboxylic acids is 1. The summed E-state index contributed by atoms with van der Waals surface area (Å²) in [7, 11) is 0. The maximum absolute atomic E-state index is 11.6. The van der Waals surface area contributed by atoms with Crippen LogP contribution in [0.5, 0.6) is 0 Å². The van der Waals surface area contributed by atoms with Gasteiger partial charge in [-0.15, -0.1) is 16.4 Å². The number of anilines is 1. The van der Waals surface area contributed by atoms with E-state index < -0.39 is 11.9 Å². The summed E-state index contributed by atoms with van der Waals surface area (Å²) in [4.78, 5) is 25.9. The first-order chi connectivity index (χ1) is 8.16. The van der Waals surface area contributed by atoms with Gasteiger partial charge in [-0.25, -0.2) is 9.78 Å². The average molecular weight is 250 g/mol. The van der Waals surface area contributed by atoms with E-state index in [4.69, 9.17) is 5.11 Å². The van der Waals surface area contributed by atoms with Crippen molar-refractivity contribution in [3.8, 4) is 0 Å². The molecule has 2 rings (SSSR count). The van der Waals surface area contributed by atoms with Crippen LogP contribution in [0, 0.1) is 0 Å². The summed E-state index contributed by atoms with van der Waals surface area (Å²) in [5, 5.41) is 19.7. The number of carboxylic acid groups (broad SMARTS) is 1. The van der Waals surface area contributed by atoms with Gasteiger partial charge in [0.05, 0.1) is 0 Å². The minimum atomic E-state index is -1.17. The predicted octanol–water partition coefficient (Wildman–Crippen LogP) is 0.884. The van der Waals surface area contributed by atoms with E-state index in [0.29, 0.717) is 0 Å². The van der Waals surface area contributed by atoms with Crippen LogP contribution in [0.25, 0.3) is 0 Å². The van der Waals surface area contributed by atoms with Crippen molar-refractivity contribution in [2.75, 3.05) is 5.32 Å². The number of carbonyl (C=O) groups excluding carboxylic acids is 1. The molecule has 2 heterocycles. The van der Waals surface area contributed by atoms with Crippen LogP contribution in [0.4, 0.5) is 5.82 Å². The quantitative estimate of drug-likeness (QED) is 0.837. The molecular formula is C9H6N4O3S. The second-order valence-corrected chi connectivity index (χ2v) is 3.76. The molecule has 0 spiro atoms. The molecule has 2 aromatic heterocycles. The summed E-state index contributed by atoms with van der Waals surface area (Å²) in [6, 6.07) is 3.18. The first-order valence-electron chi connectivity index (χ1n) is 4.44. The molecule has 7 nitrogen and oxygen atoms in total. The van der Waals surface area contributed by atoms with Crippen LogP contribution in [0.1, 0.15) is 20.3 Å². The fraction of sp³-hybridized carbons (Fsp3) is 0. The van der Waals surface area contributed by atoms with E-state index in [2.05, 4.69) is 20.5 Å². The number of nitrogens with zero attached hydrogens (tertiary/aromatic N) is 3. The molecule has 0 aromatic carbocycles. The Kier molecular flexibility index (Phi) is 3.06. The summed E-state index contributed by atoms with van der Waals surface area (Å²) in [5.41, 5.74) is -0.153. The van der Waals surface area contributed by atoms with Gasteiger partial charge in [-0.05, 0) is 12.1 Å².